The summed E-state index contributed by atoms with van der Waals surface area (Å²) in [4.78, 5) is 12.6. The Balaban J connectivity index is 1.68. The van der Waals surface area contributed by atoms with Gasteiger partial charge in [-0.3, -0.25) is 4.79 Å². The zero-order valence-electron chi connectivity index (χ0n) is 15.5. The van der Waals surface area contributed by atoms with Crippen LogP contribution in [0.2, 0.25) is 0 Å². The SMILES string of the molecule is CC(C)Oc1ccc(C(=O)NCC2(c3ccccc3)CCOCC2)cc1. The van der Waals surface area contributed by atoms with E-state index in [9.17, 15) is 4.79 Å². The molecule has 1 heterocycles. The van der Waals surface area contributed by atoms with Gasteiger partial charge in [0.1, 0.15) is 5.75 Å². The van der Waals surface area contributed by atoms with Crippen molar-refractivity contribution in [3.8, 4) is 5.75 Å². The molecule has 4 heteroatoms. The maximum absolute atomic E-state index is 12.6. The van der Waals surface area contributed by atoms with Crippen molar-refractivity contribution in [3.05, 3.63) is 65.7 Å². The van der Waals surface area contributed by atoms with E-state index in [-0.39, 0.29) is 17.4 Å². The third-order valence-corrected chi connectivity index (χ3v) is 4.91. The third-order valence-electron chi connectivity index (χ3n) is 4.91. The van der Waals surface area contributed by atoms with Gasteiger partial charge in [0.15, 0.2) is 0 Å². The van der Waals surface area contributed by atoms with Crippen LogP contribution in [0, 0.1) is 0 Å². The van der Waals surface area contributed by atoms with Gasteiger partial charge in [0.2, 0.25) is 0 Å². The minimum Gasteiger partial charge on any atom is -0.491 e. The molecule has 1 N–H and O–H groups in total. The summed E-state index contributed by atoms with van der Waals surface area (Å²) < 4.78 is 11.2. The maximum atomic E-state index is 12.6. The number of benzene rings is 2. The van der Waals surface area contributed by atoms with E-state index in [0.717, 1.165) is 31.8 Å². The van der Waals surface area contributed by atoms with Gasteiger partial charge >= 0.3 is 0 Å². The topological polar surface area (TPSA) is 47.6 Å². The predicted octanol–water partition coefficient (Wildman–Crippen LogP) is 3.95. The van der Waals surface area contributed by atoms with Crippen LogP contribution < -0.4 is 10.1 Å². The van der Waals surface area contributed by atoms with Crippen LogP contribution in [-0.4, -0.2) is 31.8 Å². The van der Waals surface area contributed by atoms with Crippen molar-refractivity contribution in [2.24, 2.45) is 0 Å². The first-order valence-electron chi connectivity index (χ1n) is 9.27. The van der Waals surface area contributed by atoms with E-state index in [2.05, 4.69) is 29.6 Å². The van der Waals surface area contributed by atoms with Gasteiger partial charge < -0.3 is 14.8 Å². The minimum atomic E-state index is -0.0597. The third kappa shape index (κ3) is 4.44. The molecular formula is C22H27NO3. The molecule has 0 aliphatic carbocycles. The van der Waals surface area contributed by atoms with E-state index in [0.29, 0.717) is 12.1 Å². The molecule has 2 aromatic rings. The van der Waals surface area contributed by atoms with Gasteiger partial charge in [-0.05, 0) is 56.5 Å². The van der Waals surface area contributed by atoms with E-state index in [1.54, 1.807) is 0 Å². The fourth-order valence-electron chi connectivity index (χ4n) is 3.43. The lowest BCUT2D eigenvalue weighted by molar-refractivity contribution is 0.0487. The Hall–Kier alpha value is -2.33. The van der Waals surface area contributed by atoms with Crippen LogP contribution >= 0.6 is 0 Å². The highest BCUT2D eigenvalue weighted by Crippen LogP contribution is 2.34. The highest BCUT2D eigenvalue weighted by Gasteiger charge is 2.34. The maximum Gasteiger partial charge on any atom is 0.251 e. The van der Waals surface area contributed by atoms with Crippen molar-refractivity contribution in [2.45, 2.75) is 38.2 Å². The van der Waals surface area contributed by atoms with Crippen LogP contribution in [0.15, 0.2) is 54.6 Å². The van der Waals surface area contributed by atoms with Crippen molar-refractivity contribution in [1.29, 1.82) is 0 Å². The average molecular weight is 353 g/mol. The van der Waals surface area contributed by atoms with E-state index in [4.69, 9.17) is 9.47 Å². The molecule has 1 fully saturated rings. The fourth-order valence-corrected chi connectivity index (χ4v) is 3.43. The summed E-state index contributed by atoms with van der Waals surface area (Å²) in [6, 6.07) is 17.7. The molecule has 0 aromatic heterocycles. The van der Waals surface area contributed by atoms with Crippen LogP contribution in [0.25, 0.3) is 0 Å². The van der Waals surface area contributed by atoms with Gasteiger partial charge in [-0.1, -0.05) is 30.3 Å². The molecule has 26 heavy (non-hydrogen) atoms. The fraction of sp³-hybridized carbons (Fsp3) is 0.409. The average Bonchev–Trinajstić information content (AvgIpc) is 2.68. The highest BCUT2D eigenvalue weighted by atomic mass is 16.5. The standard InChI is InChI=1S/C22H27NO3/c1-17(2)26-20-10-8-18(9-11-20)21(24)23-16-22(12-14-25-15-13-22)19-6-4-3-5-7-19/h3-11,17H,12-16H2,1-2H3,(H,23,24). The van der Waals surface area contributed by atoms with Crippen LogP contribution in [0.1, 0.15) is 42.6 Å². The van der Waals surface area contributed by atoms with Gasteiger partial charge in [-0.25, -0.2) is 0 Å². The highest BCUT2D eigenvalue weighted by molar-refractivity contribution is 5.94. The van der Waals surface area contributed by atoms with Crippen molar-refractivity contribution < 1.29 is 14.3 Å². The van der Waals surface area contributed by atoms with Crippen LogP contribution in [0.3, 0.4) is 0 Å². The molecule has 2 aromatic carbocycles. The van der Waals surface area contributed by atoms with Crippen molar-refractivity contribution in [1.82, 2.24) is 5.32 Å². The van der Waals surface area contributed by atoms with E-state index < -0.39 is 0 Å². The largest absolute Gasteiger partial charge is 0.491 e. The van der Waals surface area contributed by atoms with Gasteiger partial charge in [0.25, 0.3) is 5.91 Å². The summed E-state index contributed by atoms with van der Waals surface area (Å²) in [6.07, 6.45) is 1.95. The normalized spacial score (nSPS) is 16.3. The molecule has 0 saturated carbocycles. The Labute approximate surface area is 155 Å². The molecule has 1 aliphatic heterocycles. The Kier molecular flexibility index (Phi) is 5.94. The number of hydrogen-bond acceptors (Lipinski definition) is 3. The quantitative estimate of drug-likeness (QED) is 0.855. The van der Waals surface area contributed by atoms with Gasteiger partial charge in [-0.15, -0.1) is 0 Å². The molecule has 0 unspecified atom stereocenters. The summed E-state index contributed by atoms with van der Waals surface area (Å²) in [5, 5.41) is 3.13. The summed E-state index contributed by atoms with van der Waals surface area (Å²) in [7, 11) is 0. The van der Waals surface area contributed by atoms with E-state index >= 15 is 0 Å². The Morgan fingerprint density at radius 2 is 1.73 bits per heavy atom. The smallest absolute Gasteiger partial charge is 0.251 e. The van der Waals surface area contributed by atoms with Gasteiger partial charge in [-0.2, -0.15) is 0 Å². The summed E-state index contributed by atoms with van der Waals surface area (Å²) >= 11 is 0. The molecule has 1 amide bonds. The lowest BCUT2D eigenvalue weighted by atomic mass is 9.74. The second-order valence-electron chi connectivity index (χ2n) is 7.13. The van der Waals surface area contributed by atoms with Crippen molar-refractivity contribution in [2.75, 3.05) is 19.8 Å². The Morgan fingerprint density at radius 1 is 1.08 bits per heavy atom. The molecule has 1 saturated heterocycles. The zero-order valence-corrected chi connectivity index (χ0v) is 15.5. The Morgan fingerprint density at radius 3 is 2.35 bits per heavy atom. The second-order valence-corrected chi connectivity index (χ2v) is 7.13. The molecule has 0 bridgehead atoms. The first-order valence-corrected chi connectivity index (χ1v) is 9.27. The number of amides is 1. The van der Waals surface area contributed by atoms with Crippen LogP contribution in [-0.2, 0) is 10.2 Å². The van der Waals surface area contributed by atoms with Gasteiger partial charge in [0, 0.05) is 30.7 Å². The molecular weight excluding hydrogens is 326 g/mol. The molecule has 0 radical (unpaired) electrons. The lowest BCUT2D eigenvalue weighted by Gasteiger charge is -2.38. The first kappa shape index (κ1) is 18.5. The number of nitrogens with one attached hydrogen (secondary N) is 1. The Bertz CT molecular complexity index is 704. The van der Waals surface area contributed by atoms with Crippen molar-refractivity contribution in [3.63, 3.8) is 0 Å². The van der Waals surface area contributed by atoms with Crippen LogP contribution in [0.4, 0.5) is 0 Å². The summed E-state index contributed by atoms with van der Waals surface area (Å²) in [5.41, 5.74) is 1.86. The second kappa shape index (κ2) is 8.37. The number of rotatable bonds is 6. The number of ether oxygens (including phenoxy) is 2. The summed E-state index contributed by atoms with van der Waals surface area (Å²) in [6.45, 7) is 6.04. The first-order chi connectivity index (χ1) is 12.6. The molecule has 0 atom stereocenters. The molecule has 0 spiro atoms. The molecule has 3 rings (SSSR count). The molecule has 1 aliphatic rings. The molecule has 138 valence electrons. The van der Waals surface area contributed by atoms with Gasteiger partial charge in [0.05, 0.1) is 6.10 Å². The number of hydrogen-bond donors (Lipinski definition) is 1. The number of carbonyl (C=O) groups excluding carboxylic acids is 1. The monoisotopic (exact) mass is 353 g/mol. The van der Waals surface area contributed by atoms with E-state index in [1.165, 1.54) is 5.56 Å². The predicted molar refractivity (Wildman–Crippen MR) is 103 cm³/mol. The molecule has 4 nitrogen and oxygen atoms in total. The van der Waals surface area contributed by atoms with E-state index in [1.807, 2.05) is 44.2 Å². The minimum absolute atomic E-state index is 0.0529. The number of carbonyl (C=O) groups is 1. The lowest BCUT2D eigenvalue weighted by Crippen LogP contribution is -2.44. The van der Waals surface area contributed by atoms with Crippen molar-refractivity contribution >= 4 is 5.91 Å². The summed E-state index contributed by atoms with van der Waals surface area (Å²) in [5.74, 6) is 0.727. The van der Waals surface area contributed by atoms with Crippen LogP contribution in [0.5, 0.6) is 5.75 Å². The zero-order chi connectivity index (χ0) is 18.4.